The van der Waals surface area contributed by atoms with Gasteiger partial charge in [-0.05, 0) is 72.3 Å². The Bertz CT molecular complexity index is 1210. The maximum Gasteiger partial charge on any atom is 0.335 e. The molecule has 8 heteroatoms. The van der Waals surface area contributed by atoms with Crippen LogP contribution in [-0.4, -0.2) is 28.3 Å². The molecule has 0 saturated heterocycles. The number of anilines is 3. The zero-order valence-electron chi connectivity index (χ0n) is 20.6. The zero-order chi connectivity index (χ0) is 25.7. The summed E-state index contributed by atoms with van der Waals surface area (Å²) in [7, 11) is 0. The molecule has 2 aliphatic heterocycles. The van der Waals surface area contributed by atoms with Gasteiger partial charge in [-0.15, -0.1) is 0 Å². The van der Waals surface area contributed by atoms with Gasteiger partial charge in [-0.25, -0.2) is 9.52 Å². The maximum absolute atomic E-state index is 11.6. The summed E-state index contributed by atoms with van der Waals surface area (Å²) in [6.07, 6.45) is 6.22. The quantitative estimate of drug-likeness (QED) is 0.141. The molecule has 1 saturated carbocycles. The SMILES string of the molecule is CCCCC.O=C(O)c1ccc2c(c1)-c1cc3c(cc1NC21CC1)N(c1ccccc1)CNS3.OO. The zero-order valence-corrected chi connectivity index (χ0v) is 21.4. The second kappa shape index (κ2) is 11.3. The van der Waals surface area contributed by atoms with Crippen LogP contribution in [0.3, 0.4) is 0 Å². The van der Waals surface area contributed by atoms with Crippen LogP contribution in [0.15, 0.2) is 65.6 Å². The van der Waals surface area contributed by atoms with Gasteiger partial charge in [0, 0.05) is 21.8 Å². The molecule has 36 heavy (non-hydrogen) atoms. The Morgan fingerprint density at radius 2 is 1.72 bits per heavy atom. The summed E-state index contributed by atoms with van der Waals surface area (Å²) in [4.78, 5) is 15.0. The topological polar surface area (TPSA) is 105 Å². The Morgan fingerprint density at radius 1 is 1.00 bits per heavy atom. The van der Waals surface area contributed by atoms with Crippen LogP contribution in [0.5, 0.6) is 0 Å². The number of unbranched alkanes of at least 4 members (excludes halogenated alkanes) is 2. The molecule has 1 aliphatic carbocycles. The summed E-state index contributed by atoms with van der Waals surface area (Å²) >= 11 is 1.62. The smallest absolute Gasteiger partial charge is 0.335 e. The number of benzene rings is 3. The molecule has 0 radical (unpaired) electrons. The molecule has 0 atom stereocenters. The van der Waals surface area contributed by atoms with Crippen LogP contribution in [0.1, 0.15) is 61.9 Å². The van der Waals surface area contributed by atoms with Crippen molar-refractivity contribution in [3.63, 3.8) is 0 Å². The number of hydrogen-bond donors (Lipinski definition) is 5. The van der Waals surface area contributed by atoms with Gasteiger partial charge >= 0.3 is 5.97 Å². The highest BCUT2D eigenvalue weighted by atomic mass is 32.2. The van der Waals surface area contributed by atoms with Crippen LogP contribution < -0.4 is 14.9 Å². The Balaban J connectivity index is 0.000000391. The third kappa shape index (κ3) is 5.08. The van der Waals surface area contributed by atoms with E-state index in [2.05, 4.69) is 65.2 Å². The van der Waals surface area contributed by atoms with Crippen LogP contribution >= 0.6 is 11.9 Å². The number of hydrogen-bond acceptors (Lipinski definition) is 7. The van der Waals surface area contributed by atoms with Crippen molar-refractivity contribution in [2.24, 2.45) is 0 Å². The Kier molecular flexibility index (Phi) is 8.21. The van der Waals surface area contributed by atoms with Gasteiger partial charge in [-0.1, -0.05) is 57.4 Å². The molecular weight excluding hydrogens is 474 g/mol. The molecule has 190 valence electrons. The van der Waals surface area contributed by atoms with E-state index < -0.39 is 5.97 Å². The number of para-hydroxylation sites is 1. The van der Waals surface area contributed by atoms with E-state index in [0.29, 0.717) is 5.56 Å². The van der Waals surface area contributed by atoms with E-state index in [-0.39, 0.29) is 5.54 Å². The van der Waals surface area contributed by atoms with E-state index in [9.17, 15) is 9.90 Å². The lowest BCUT2D eigenvalue weighted by molar-refractivity contribution is -0.176. The molecule has 1 fully saturated rings. The van der Waals surface area contributed by atoms with E-state index in [1.165, 1.54) is 30.5 Å². The number of carboxylic acids is 1. The molecule has 0 amide bonds. The average Bonchev–Trinajstić information content (AvgIpc) is 3.69. The summed E-state index contributed by atoms with van der Waals surface area (Å²) in [6.45, 7) is 5.15. The molecule has 3 aliphatic rings. The van der Waals surface area contributed by atoms with Crippen molar-refractivity contribution in [2.45, 2.75) is 56.4 Å². The van der Waals surface area contributed by atoms with Crippen molar-refractivity contribution >= 4 is 35.0 Å². The fourth-order valence-corrected chi connectivity index (χ4v) is 5.60. The van der Waals surface area contributed by atoms with Gasteiger partial charge in [-0.3, -0.25) is 10.5 Å². The third-order valence-corrected chi connectivity index (χ3v) is 7.59. The molecule has 7 nitrogen and oxygen atoms in total. The number of nitrogens with zero attached hydrogens (tertiary/aromatic N) is 1. The monoisotopic (exact) mass is 507 g/mol. The highest BCUT2D eigenvalue weighted by Gasteiger charge is 2.48. The highest BCUT2D eigenvalue weighted by molar-refractivity contribution is 7.97. The first kappa shape index (κ1) is 26.0. The molecule has 6 rings (SSSR count). The van der Waals surface area contributed by atoms with Crippen molar-refractivity contribution in [1.82, 2.24) is 4.72 Å². The number of fused-ring (bicyclic) bond motifs is 5. The first-order valence-corrected chi connectivity index (χ1v) is 13.1. The van der Waals surface area contributed by atoms with Crippen LogP contribution in [0.25, 0.3) is 11.1 Å². The predicted molar refractivity (Wildman–Crippen MR) is 146 cm³/mol. The van der Waals surface area contributed by atoms with Crippen LogP contribution in [0.4, 0.5) is 17.1 Å². The van der Waals surface area contributed by atoms with Gasteiger partial charge in [0.2, 0.25) is 0 Å². The number of rotatable bonds is 4. The molecule has 2 heterocycles. The Morgan fingerprint density at radius 3 is 2.33 bits per heavy atom. The van der Waals surface area contributed by atoms with Gasteiger partial charge in [0.05, 0.1) is 23.5 Å². The van der Waals surface area contributed by atoms with E-state index in [1.54, 1.807) is 18.0 Å². The van der Waals surface area contributed by atoms with Crippen LogP contribution in [0.2, 0.25) is 0 Å². The van der Waals surface area contributed by atoms with Gasteiger partial charge in [0.15, 0.2) is 0 Å². The molecule has 0 bridgehead atoms. The molecular formula is C28H33N3O4S. The average molecular weight is 508 g/mol. The minimum absolute atomic E-state index is 0.0504. The lowest BCUT2D eigenvalue weighted by Gasteiger charge is -2.35. The van der Waals surface area contributed by atoms with Crippen molar-refractivity contribution in [2.75, 3.05) is 16.9 Å². The summed E-state index contributed by atoms with van der Waals surface area (Å²) < 4.78 is 3.41. The summed E-state index contributed by atoms with van der Waals surface area (Å²) in [6, 6.07) is 20.3. The first-order valence-electron chi connectivity index (χ1n) is 12.3. The van der Waals surface area contributed by atoms with Crippen molar-refractivity contribution < 1.29 is 20.4 Å². The molecule has 0 unspecified atom stereocenters. The van der Waals surface area contributed by atoms with Gasteiger partial charge < -0.3 is 15.3 Å². The first-order chi connectivity index (χ1) is 17.6. The fourth-order valence-electron chi connectivity index (χ4n) is 4.80. The fraction of sp³-hybridized carbons (Fsp3) is 0.321. The van der Waals surface area contributed by atoms with E-state index in [1.807, 2.05) is 18.2 Å². The second-order valence-electron chi connectivity index (χ2n) is 9.16. The largest absolute Gasteiger partial charge is 0.478 e. The van der Waals surface area contributed by atoms with E-state index in [4.69, 9.17) is 10.5 Å². The molecule has 0 aromatic heterocycles. The van der Waals surface area contributed by atoms with Gasteiger partial charge in [-0.2, -0.15) is 0 Å². The Hall–Kier alpha value is -3.04. The van der Waals surface area contributed by atoms with Gasteiger partial charge in [0.25, 0.3) is 0 Å². The number of carbonyl (C=O) groups is 1. The van der Waals surface area contributed by atoms with Crippen molar-refractivity contribution in [3.8, 4) is 11.1 Å². The van der Waals surface area contributed by atoms with Crippen LogP contribution in [0, 0.1) is 0 Å². The summed E-state index contributed by atoms with van der Waals surface area (Å²) in [5.74, 6) is -0.887. The normalized spacial score (nSPS) is 15.6. The van der Waals surface area contributed by atoms with E-state index >= 15 is 0 Å². The third-order valence-electron chi connectivity index (χ3n) is 6.77. The lowest BCUT2D eigenvalue weighted by Crippen LogP contribution is -2.31. The molecule has 5 N–H and O–H groups in total. The Labute approximate surface area is 216 Å². The summed E-state index contributed by atoms with van der Waals surface area (Å²) in [5.41, 5.74) is 7.00. The summed E-state index contributed by atoms with van der Waals surface area (Å²) in [5, 5.41) is 25.3. The standard InChI is InChI=1S/C23H19N3O2S.C5H12.H2O2/c27-22(28)14-6-7-18-16(10-14)17-11-21-20(12-19(17)25-23(18)8-9-23)26(13-24-29-21)15-4-2-1-3-5-15;1-3-5-4-2;1-2/h1-7,10-12,24-25H,8-9,13H2,(H,27,28);3-5H2,1-2H3;1-2H. The minimum Gasteiger partial charge on any atom is -0.478 e. The van der Waals surface area contributed by atoms with Crippen molar-refractivity contribution in [3.05, 3.63) is 71.8 Å². The maximum atomic E-state index is 11.6. The number of nitrogens with one attached hydrogen (secondary N) is 2. The number of aromatic carboxylic acids is 1. The van der Waals surface area contributed by atoms with Crippen LogP contribution in [-0.2, 0) is 5.54 Å². The second-order valence-corrected chi connectivity index (χ2v) is 10.1. The van der Waals surface area contributed by atoms with Gasteiger partial charge in [0.1, 0.15) is 0 Å². The molecule has 3 aromatic carbocycles. The van der Waals surface area contributed by atoms with E-state index in [0.717, 1.165) is 46.9 Å². The van der Waals surface area contributed by atoms with Crippen molar-refractivity contribution in [1.29, 1.82) is 0 Å². The highest BCUT2D eigenvalue weighted by Crippen LogP contribution is 2.57. The minimum atomic E-state index is -0.887. The lowest BCUT2D eigenvalue weighted by atomic mass is 9.86. The molecule has 3 aromatic rings. The number of carboxylic acid groups (broad SMARTS) is 1. The predicted octanol–water partition coefficient (Wildman–Crippen LogP) is 7.39. The molecule has 1 spiro atoms.